The number of hydrogen-bond acceptors (Lipinski definition) is 3. The highest BCUT2D eigenvalue weighted by Crippen LogP contribution is 2.41. The highest BCUT2D eigenvalue weighted by Gasteiger charge is 2.40. The zero-order valence-electron chi connectivity index (χ0n) is 15.7. The first-order chi connectivity index (χ1) is 12.6. The van der Waals surface area contributed by atoms with Crippen LogP contribution in [-0.2, 0) is 13.0 Å². The number of fused-ring (bicyclic) bond motifs is 1. The van der Waals surface area contributed by atoms with Crippen LogP contribution in [0.3, 0.4) is 0 Å². The van der Waals surface area contributed by atoms with Crippen LogP contribution in [0, 0.1) is 12.7 Å². The Balaban J connectivity index is 0.00000210. The fraction of sp³-hybridized carbons (Fsp3) is 0.526. The molecule has 2 heterocycles. The molecule has 2 aromatic rings. The molecule has 3 unspecified atom stereocenters. The second-order valence-electron chi connectivity index (χ2n) is 7.07. The molecule has 27 heavy (non-hydrogen) atoms. The molecule has 2 aliphatic rings. The Bertz CT molecular complexity index is 820. The van der Waals surface area contributed by atoms with Crippen molar-refractivity contribution in [1.82, 2.24) is 25.4 Å². The number of nitrogens with one attached hydrogen (secondary N) is 2. The summed E-state index contributed by atoms with van der Waals surface area (Å²) < 4.78 is 16.0. The van der Waals surface area contributed by atoms with Crippen molar-refractivity contribution in [2.75, 3.05) is 6.54 Å². The first-order valence-electron chi connectivity index (χ1n) is 9.36. The molecule has 1 aliphatic heterocycles. The third kappa shape index (κ3) is 4.59. The van der Waals surface area contributed by atoms with Gasteiger partial charge in [0.2, 0.25) is 0 Å². The van der Waals surface area contributed by atoms with Gasteiger partial charge in [0.15, 0.2) is 5.96 Å². The average molecular weight is 484 g/mol. The lowest BCUT2D eigenvalue weighted by Gasteiger charge is -2.25. The van der Waals surface area contributed by atoms with Crippen molar-refractivity contribution < 1.29 is 4.39 Å². The molecule has 1 fully saturated rings. The highest BCUT2D eigenvalue weighted by molar-refractivity contribution is 14.0. The van der Waals surface area contributed by atoms with E-state index in [0.717, 1.165) is 49.0 Å². The SMILES string of the molecule is CCN=C(NC1CCc2nc(C)nn2C1)NC1CC1c1ccccc1F.I. The van der Waals surface area contributed by atoms with E-state index in [4.69, 9.17) is 0 Å². The molecule has 1 aliphatic carbocycles. The van der Waals surface area contributed by atoms with Gasteiger partial charge in [-0.05, 0) is 38.3 Å². The monoisotopic (exact) mass is 484 g/mol. The van der Waals surface area contributed by atoms with Crippen LogP contribution in [-0.4, -0.2) is 39.4 Å². The molecule has 4 rings (SSSR count). The summed E-state index contributed by atoms with van der Waals surface area (Å²) >= 11 is 0. The summed E-state index contributed by atoms with van der Waals surface area (Å²) in [7, 11) is 0. The Morgan fingerprint density at radius 1 is 1.33 bits per heavy atom. The normalized spacial score (nSPS) is 24.0. The van der Waals surface area contributed by atoms with Gasteiger partial charge in [-0.2, -0.15) is 5.10 Å². The number of aryl methyl sites for hydroxylation is 2. The standard InChI is InChI=1S/C19H25FN6.HI/c1-3-21-19(23-13-8-9-18-22-12(2)25-26(18)11-13)24-17-10-15(17)14-6-4-5-7-16(14)20;/h4-7,13,15,17H,3,8-11H2,1-2H3,(H2,21,23,24);1H. The topological polar surface area (TPSA) is 67.1 Å². The molecule has 0 spiro atoms. The lowest BCUT2D eigenvalue weighted by molar-refractivity contribution is 0.392. The molecule has 0 saturated heterocycles. The van der Waals surface area contributed by atoms with Crippen molar-refractivity contribution in [3.63, 3.8) is 0 Å². The van der Waals surface area contributed by atoms with Gasteiger partial charge in [0.05, 0.1) is 6.54 Å². The van der Waals surface area contributed by atoms with Crippen molar-refractivity contribution in [2.24, 2.45) is 4.99 Å². The summed E-state index contributed by atoms with van der Waals surface area (Å²) in [5, 5.41) is 11.4. The van der Waals surface area contributed by atoms with Gasteiger partial charge in [-0.1, -0.05) is 18.2 Å². The van der Waals surface area contributed by atoms with E-state index in [1.807, 2.05) is 30.7 Å². The number of halogens is 2. The molecular formula is C19H26FIN6. The first kappa shape index (κ1) is 20.0. The zero-order valence-corrected chi connectivity index (χ0v) is 18.0. The van der Waals surface area contributed by atoms with Crippen LogP contribution in [0.2, 0.25) is 0 Å². The molecule has 0 radical (unpaired) electrons. The molecule has 3 atom stereocenters. The third-order valence-electron chi connectivity index (χ3n) is 5.04. The Morgan fingerprint density at radius 3 is 2.93 bits per heavy atom. The van der Waals surface area contributed by atoms with E-state index >= 15 is 0 Å². The van der Waals surface area contributed by atoms with E-state index < -0.39 is 0 Å². The maximum absolute atomic E-state index is 14.0. The second kappa shape index (κ2) is 8.53. The van der Waals surface area contributed by atoms with E-state index in [0.29, 0.717) is 6.54 Å². The summed E-state index contributed by atoms with van der Waals surface area (Å²) in [6, 6.07) is 7.54. The number of rotatable bonds is 4. The predicted octanol–water partition coefficient (Wildman–Crippen LogP) is 2.77. The van der Waals surface area contributed by atoms with Gasteiger partial charge in [-0.25, -0.2) is 14.1 Å². The van der Waals surface area contributed by atoms with Crippen LogP contribution in [0.4, 0.5) is 4.39 Å². The fourth-order valence-electron chi connectivity index (χ4n) is 3.69. The summed E-state index contributed by atoms with van der Waals surface area (Å²) in [4.78, 5) is 9.02. The van der Waals surface area contributed by atoms with Gasteiger partial charge < -0.3 is 10.6 Å². The second-order valence-corrected chi connectivity index (χ2v) is 7.07. The van der Waals surface area contributed by atoms with Gasteiger partial charge in [0, 0.05) is 31.0 Å². The molecule has 1 aromatic carbocycles. The Kier molecular flexibility index (Phi) is 6.33. The van der Waals surface area contributed by atoms with Crippen LogP contribution in [0.5, 0.6) is 0 Å². The number of hydrogen-bond donors (Lipinski definition) is 2. The van der Waals surface area contributed by atoms with Crippen LogP contribution >= 0.6 is 24.0 Å². The maximum atomic E-state index is 14.0. The van der Waals surface area contributed by atoms with Gasteiger partial charge >= 0.3 is 0 Å². The van der Waals surface area contributed by atoms with Gasteiger partial charge in [-0.15, -0.1) is 24.0 Å². The van der Waals surface area contributed by atoms with Crippen molar-refractivity contribution in [1.29, 1.82) is 0 Å². The van der Waals surface area contributed by atoms with Crippen LogP contribution < -0.4 is 10.6 Å². The predicted molar refractivity (Wildman–Crippen MR) is 114 cm³/mol. The van der Waals surface area contributed by atoms with E-state index in [-0.39, 0.29) is 47.8 Å². The summed E-state index contributed by atoms with van der Waals surface area (Å²) in [5.74, 6) is 2.79. The fourth-order valence-corrected chi connectivity index (χ4v) is 3.69. The molecule has 1 saturated carbocycles. The quantitative estimate of drug-likeness (QED) is 0.398. The van der Waals surface area contributed by atoms with Gasteiger partial charge in [-0.3, -0.25) is 4.99 Å². The summed E-state index contributed by atoms with van der Waals surface area (Å²) in [6.07, 6.45) is 2.85. The minimum atomic E-state index is -0.120. The summed E-state index contributed by atoms with van der Waals surface area (Å²) in [5.41, 5.74) is 0.793. The Hall–Kier alpha value is -1.71. The third-order valence-corrected chi connectivity index (χ3v) is 5.04. The van der Waals surface area contributed by atoms with E-state index in [1.54, 1.807) is 6.07 Å². The largest absolute Gasteiger partial charge is 0.353 e. The average Bonchev–Trinajstić information content (AvgIpc) is 3.26. The molecule has 6 nitrogen and oxygen atoms in total. The summed E-state index contributed by atoms with van der Waals surface area (Å²) in [6.45, 7) is 5.44. The number of guanidine groups is 1. The highest BCUT2D eigenvalue weighted by atomic mass is 127. The Morgan fingerprint density at radius 2 is 2.15 bits per heavy atom. The van der Waals surface area contributed by atoms with Crippen molar-refractivity contribution >= 4 is 29.9 Å². The molecule has 2 N–H and O–H groups in total. The van der Waals surface area contributed by atoms with Crippen molar-refractivity contribution in [3.8, 4) is 0 Å². The van der Waals surface area contributed by atoms with E-state index in [9.17, 15) is 4.39 Å². The molecule has 0 amide bonds. The number of aromatic nitrogens is 3. The Labute approximate surface area is 176 Å². The molecule has 0 bridgehead atoms. The lowest BCUT2D eigenvalue weighted by Crippen LogP contribution is -2.48. The van der Waals surface area contributed by atoms with Crippen LogP contribution in [0.25, 0.3) is 0 Å². The smallest absolute Gasteiger partial charge is 0.191 e. The number of benzene rings is 1. The van der Waals surface area contributed by atoms with E-state index in [2.05, 4.69) is 25.7 Å². The maximum Gasteiger partial charge on any atom is 0.191 e. The first-order valence-corrected chi connectivity index (χ1v) is 9.36. The number of nitrogens with zero attached hydrogens (tertiary/aromatic N) is 4. The van der Waals surface area contributed by atoms with Crippen molar-refractivity contribution in [2.45, 2.75) is 57.7 Å². The lowest BCUT2D eigenvalue weighted by atomic mass is 10.1. The molecule has 1 aromatic heterocycles. The minimum Gasteiger partial charge on any atom is -0.353 e. The molecular weight excluding hydrogens is 458 g/mol. The minimum absolute atomic E-state index is 0. The zero-order chi connectivity index (χ0) is 18.1. The molecule has 146 valence electrons. The van der Waals surface area contributed by atoms with Gasteiger partial charge in [0.25, 0.3) is 0 Å². The van der Waals surface area contributed by atoms with E-state index in [1.165, 1.54) is 6.07 Å². The molecule has 8 heteroatoms. The van der Waals surface area contributed by atoms with Crippen LogP contribution in [0.1, 0.15) is 42.9 Å². The van der Waals surface area contributed by atoms with Crippen molar-refractivity contribution in [3.05, 3.63) is 47.3 Å². The van der Waals surface area contributed by atoms with Crippen LogP contribution in [0.15, 0.2) is 29.3 Å². The number of aliphatic imine (C=N–C) groups is 1. The van der Waals surface area contributed by atoms with Gasteiger partial charge in [0.1, 0.15) is 17.5 Å².